The van der Waals surface area contributed by atoms with Crippen LogP contribution in [0.5, 0.6) is 0 Å². The SMILES string of the molecule is Cc1nc(N(C)CC2CCOCC2)ccc1CNC1CC1. The van der Waals surface area contributed by atoms with E-state index in [0.29, 0.717) is 0 Å². The Kier molecular flexibility index (Phi) is 4.76. The second-order valence-corrected chi connectivity index (χ2v) is 6.51. The van der Waals surface area contributed by atoms with E-state index in [4.69, 9.17) is 9.72 Å². The predicted molar refractivity (Wildman–Crippen MR) is 85.6 cm³/mol. The second-order valence-electron chi connectivity index (χ2n) is 6.51. The van der Waals surface area contributed by atoms with Crippen LogP contribution in [0.4, 0.5) is 5.82 Å². The molecule has 0 aromatic carbocycles. The lowest BCUT2D eigenvalue weighted by Gasteiger charge is -2.28. The highest BCUT2D eigenvalue weighted by molar-refractivity contribution is 5.41. The van der Waals surface area contributed by atoms with Crippen molar-refractivity contribution in [1.82, 2.24) is 10.3 Å². The quantitative estimate of drug-likeness (QED) is 0.873. The van der Waals surface area contributed by atoms with E-state index in [1.54, 1.807) is 0 Å². The van der Waals surface area contributed by atoms with Gasteiger partial charge in [-0.25, -0.2) is 4.98 Å². The number of hydrogen-bond acceptors (Lipinski definition) is 4. The molecule has 2 fully saturated rings. The lowest BCUT2D eigenvalue weighted by Crippen LogP contribution is -2.30. The van der Waals surface area contributed by atoms with Crippen LogP contribution in [0.15, 0.2) is 12.1 Å². The Balaban J connectivity index is 1.57. The topological polar surface area (TPSA) is 37.4 Å². The number of anilines is 1. The minimum atomic E-state index is 0.738. The van der Waals surface area contributed by atoms with Gasteiger partial charge in [-0.2, -0.15) is 0 Å². The monoisotopic (exact) mass is 289 g/mol. The maximum atomic E-state index is 5.43. The highest BCUT2D eigenvalue weighted by Gasteiger charge is 2.20. The number of ether oxygens (including phenoxy) is 1. The highest BCUT2D eigenvalue weighted by Crippen LogP contribution is 2.22. The lowest BCUT2D eigenvalue weighted by molar-refractivity contribution is 0.0685. The average Bonchev–Trinajstić information content (AvgIpc) is 3.31. The molecule has 2 aliphatic rings. The van der Waals surface area contributed by atoms with Crippen molar-refractivity contribution in [3.63, 3.8) is 0 Å². The van der Waals surface area contributed by atoms with E-state index in [-0.39, 0.29) is 0 Å². The van der Waals surface area contributed by atoms with Crippen LogP contribution < -0.4 is 10.2 Å². The summed E-state index contributed by atoms with van der Waals surface area (Å²) in [6.45, 7) is 5.98. The van der Waals surface area contributed by atoms with Crippen molar-refractivity contribution in [2.45, 2.75) is 45.2 Å². The molecule has 0 spiro atoms. The summed E-state index contributed by atoms with van der Waals surface area (Å²) >= 11 is 0. The third-order valence-corrected chi connectivity index (χ3v) is 4.60. The molecule has 1 aromatic rings. The van der Waals surface area contributed by atoms with Crippen molar-refractivity contribution in [3.05, 3.63) is 23.4 Å². The summed E-state index contributed by atoms with van der Waals surface area (Å²) in [4.78, 5) is 7.08. The van der Waals surface area contributed by atoms with Crippen molar-refractivity contribution in [2.24, 2.45) is 5.92 Å². The largest absolute Gasteiger partial charge is 0.381 e. The molecule has 0 radical (unpaired) electrons. The van der Waals surface area contributed by atoms with Crippen molar-refractivity contribution >= 4 is 5.82 Å². The first-order valence-electron chi connectivity index (χ1n) is 8.21. The zero-order chi connectivity index (χ0) is 14.7. The third-order valence-electron chi connectivity index (χ3n) is 4.60. The molecule has 116 valence electrons. The van der Waals surface area contributed by atoms with Gasteiger partial charge < -0.3 is 15.0 Å². The first kappa shape index (κ1) is 14.8. The highest BCUT2D eigenvalue weighted by atomic mass is 16.5. The fourth-order valence-electron chi connectivity index (χ4n) is 2.93. The van der Waals surface area contributed by atoms with Gasteiger partial charge in [-0.05, 0) is 50.2 Å². The number of rotatable bonds is 6. The van der Waals surface area contributed by atoms with Crippen molar-refractivity contribution in [1.29, 1.82) is 0 Å². The number of nitrogens with zero attached hydrogens (tertiary/aromatic N) is 2. The molecule has 1 N–H and O–H groups in total. The van der Waals surface area contributed by atoms with Gasteiger partial charge in [0.2, 0.25) is 0 Å². The van der Waals surface area contributed by atoms with E-state index in [1.165, 1.54) is 31.2 Å². The molecular weight excluding hydrogens is 262 g/mol. The number of aryl methyl sites for hydroxylation is 1. The van der Waals surface area contributed by atoms with E-state index in [0.717, 1.165) is 49.8 Å². The fraction of sp³-hybridized carbons (Fsp3) is 0.706. The molecule has 0 bridgehead atoms. The van der Waals surface area contributed by atoms with Gasteiger partial charge in [0.15, 0.2) is 0 Å². The van der Waals surface area contributed by atoms with Gasteiger partial charge in [-0.1, -0.05) is 6.07 Å². The second kappa shape index (κ2) is 6.75. The molecule has 4 heteroatoms. The molecule has 2 heterocycles. The maximum Gasteiger partial charge on any atom is 0.128 e. The van der Waals surface area contributed by atoms with Crippen LogP contribution in [-0.2, 0) is 11.3 Å². The molecule has 0 unspecified atom stereocenters. The normalized spacial score (nSPS) is 19.7. The summed E-state index contributed by atoms with van der Waals surface area (Å²) < 4.78 is 5.43. The van der Waals surface area contributed by atoms with E-state index >= 15 is 0 Å². The van der Waals surface area contributed by atoms with Crippen LogP contribution in [0.3, 0.4) is 0 Å². The molecule has 0 amide bonds. The Morgan fingerprint density at radius 1 is 1.24 bits per heavy atom. The van der Waals surface area contributed by atoms with Crippen LogP contribution >= 0.6 is 0 Å². The summed E-state index contributed by atoms with van der Waals surface area (Å²) in [5, 5.41) is 3.56. The molecule has 0 atom stereocenters. The summed E-state index contributed by atoms with van der Waals surface area (Å²) in [6, 6.07) is 5.14. The van der Waals surface area contributed by atoms with Crippen molar-refractivity contribution in [3.8, 4) is 0 Å². The molecule has 4 nitrogen and oxygen atoms in total. The van der Waals surface area contributed by atoms with E-state index < -0.39 is 0 Å². The van der Waals surface area contributed by atoms with Crippen LogP contribution in [-0.4, -0.2) is 37.8 Å². The van der Waals surface area contributed by atoms with Gasteiger partial charge >= 0.3 is 0 Å². The molecular formula is C17H27N3O. The van der Waals surface area contributed by atoms with Gasteiger partial charge in [0, 0.05) is 45.1 Å². The average molecular weight is 289 g/mol. The molecule has 1 saturated carbocycles. The smallest absolute Gasteiger partial charge is 0.128 e. The van der Waals surface area contributed by atoms with Gasteiger partial charge in [0.1, 0.15) is 5.82 Å². The molecule has 1 aliphatic heterocycles. The van der Waals surface area contributed by atoms with E-state index in [1.807, 2.05) is 0 Å². The summed E-state index contributed by atoms with van der Waals surface area (Å²) in [5.41, 5.74) is 2.48. The third kappa shape index (κ3) is 4.17. The van der Waals surface area contributed by atoms with Crippen molar-refractivity contribution < 1.29 is 4.74 Å². The molecule has 1 aliphatic carbocycles. The maximum absolute atomic E-state index is 5.43. The van der Waals surface area contributed by atoms with Gasteiger partial charge in [-0.15, -0.1) is 0 Å². The van der Waals surface area contributed by atoms with E-state index in [2.05, 4.69) is 36.3 Å². The Labute approximate surface area is 127 Å². The first-order chi connectivity index (χ1) is 10.2. The zero-order valence-corrected chi connectivity index (χ0v) is 13.3. The van der Waals surface area contributed by atoms with Crippen LogP contribution in [0.2, 0.25) is 0 Å². The number of aromatic nitrogens is 1. The van der Waals surface area contributed by atoms with Crippen LogP contribution in [0.25, 0.3) is 0 Å². The van der Waals surface area contributed by atoms with Crippen molar-refractivity contribution in [2.75, 3.05) is 31.7 Å². The number of nitrogens with one attached hydrogen (secondary N) is 1. The summed E-state index contributed by atoms with van der Waals surface area (Å²) in [5.74, 6) is 1.83. The minimum absolute atomic E-state index is 0.738. The zero-order valence-electron chi connectivity index (χ0n) is 13.3. The Hall–Kier alpha value is -1.13. The molecule has 1 saturated heterocycles. The molecule has 1 aromatic heterocycles. The molecule has 3 rings (SSSR count). The minimum Gasteiger partial charge on any atom is -0.381 e. The fourth-order valence-corrected chi connectivity index (χ4v) is 2.93. The molecule has 21 heavy (non-hydrogen) atoms. The number of pyridine rings is 1. The van der Waals surface area contributed by atoms with Crippen LogP contribution in [0, 0.1) is 12.8 Å². The van der Waals surface area contributed by atoms with Gasteiger partial charge in [-0.3, -0.25) is 0 Å². The standard InChI is InChI=1S/C17H27N3O/c1-13-15(11-18-16-4-5-16)3-6-17(19-13)20(2)12-14-7-9-21-10-8-14/h3,6,14,16,18H,4-5,7-12H2,1-2H3. The predicted octanol–water partition coefficient (Wildman–Crippen LogP) is 2.50. The number of hydrogen-bond donors (Lipinski definition) is 1. The summed E-state index contributed by atoms with van der Waals surface area (Å²) in [6.07, 6.45) is 5.01. The van der Waals surface area contributed by atoms with E-state index in [9.17, 15) is 0 Å². The lowest BCUT2D eigenvalue weighted by atomic mass is 10.00. The Morgan fingerprint density at radius 3 is 2.67 bits per heavy atom. The first-order valence-corrected chi connectivity index (χ1v) is 8.21. The summed E-state index contributed by atoms with van der Waals surface area (Å²) in [7, 11) is 2.15. The van der Waals surface area contributed by atoms with Gasteiger partial charge in [0.25, 0.3) is 0 Å². The Bertz CT molecular complexity index is 467. The van der Waals surface area contributed by atoms with Crippen LogP contribution in [0.1, 0.15) is 36.9 Å². The van der Waals surface area contributed by atoms with Gasteiger partial charge in [0.05, 0.1) is 0 Å². The Morgan fingerprint density at radius 2 is 2.00 bits per heavy atom.